The molecule has 0 spiro atoms. The largest absolute Gasteiger partial charge is 0.409 e. The average Bonchev–Trinajstić information content (AvgIpc) is 2.41. The molecule has 1 aromatic heterocycles. The van der Waals surface area contributed by atoms with Gasteiger partial charge in [-0.2, -0.15) is 0 Å². The summed E-state index contributed by atoms with van der Waals surface area (Å²) in [5.74, 6) is -0.0855. The topological polar surface area (TPSA) is 84.4 Å². The second-order valence-electron chi connectivity index (χ2n) is 3.23. The zero-order chi connectivity index (χ0) is 13.0. The number of benzene rings is 1. The Hall–Kier alpha value is -1.79. The first kappa shape index (κ1) is 12.7. The van der Waals surface area contributed by atoms with Gasteiger partial charge in [-0.3, -0.25) is 0 Å². The van der Waals surface area contributed by atoms with E-state index in [1.54, 1.807) is 6.07 Å². The van der Waals surface area contributed by atoms with Crippen LogP contribution in [0, 0.1) is 0 Å². The first-order valence-electron chi connectivity index (χ1n) is 4.93. The Labute approximate surface area is 113 Å². The highest BCUT2D eigenvalue weighted by Gasteiger charge is 2.12. The molecule has 3 N–H and O–H groups in total. The van der Waals surface area contributed by atoms with Crippen molar-refractivity contribution in [3.63, 3.8) is 0 Å². The predicted molar refractivity (Wildman–Crippen MR) is 70.1 cm³/mol. The molecule has 0 aliphatic carbocycles. The molecule has 7 heteroatoms. The maximum atomic E-state index is 8.69. The molecule has 18 heavy (non-hydrogen) atoms. The van der Waals surface area contributed by atoms with Crippen LogP contribution in [0.3, 0.4) is 0 Å². The van der Waals surface area contributed by atoms with E-state index in [1.807, 2.05) is 18.2 Å². The van der Waals surface area contributed by atoms with Gasteiger partial charge in [0, 0.05) is 17.3 Å². The third-order valence-electron chi connectivity index (χ3n) is 2.06. The van der Waals surface area contributed by atoms with Crippen LogP contribution in [0.2, 0.25) is 5.02 Å². The molecule has 1 aromatic carbocycles. The number of rotatable bonds is 3. The number of amidine groups is 1. The molecule has 0 aliphatic rings. The Morgan fingerprint density at radius 1 is 1.28 bits per heavy atom. The first-order valence-corrected chi connectivity index (χ1v) is 6.13. The number of hydrogen-bond acceptors (Lipinski definition) is 5. The van der Waals surface area contributed by atoms with Gasteiger partial charge in [-0.05, 0) is 12.1 Å². The summed E-state index contributed by atoms with van der Waals surface area (Å²) in [5, 5.41) is 12.8. The normalized spacial score (nSPS) is 11.5. The zero-order valence-electron chi connectivity index (χ0n) is 9.12. The van der Waals surface area contributed by atoms with E-state index in [0.29, 0.717) is 15.7 Å². The highest BCUT2D eigenvalue weighted by molar-refractivity contribution is 7.99. The smallest absolute Gasteiger partial charge is 0.191 e. The van der Waals surface area contributed by atoms with Crippen molar-refractivity contribution in [3.8, 4) is 0 Å². The Kier molecular flexibility index (Phi) is 4.01. The second-order valence-corrected chi connectivity index (χ2v) is 4.67. The summed E-state index contributed by atoms with van der Waals surface area (Å²) in [6.07, 6.45) is 3.01. The Morgan fingerprint density at radius 3 is 2.72 bits per heavy atom. The number of aromatic nitrogens is 2. The fourth-order valence-electron chi connectivity index (χ4n) is 1.25. The minimum absolute atomic E-state index is 0.0855. The molecule has 0 amide bonds. The molecule has 0 radical (unpaired) electrons. The van der Waals surface area contributed by atoms with E-state index in [2.05, 4.69) is 15.1 Å². The summed E-state index contributed by atoms with van der Waals surface area (Å²) < 4.78 is 0. The molecule has 5 nitrogen and oxygen atoms in total. The lowest BCUT2D eigenvalue weighted by Gasteiger charge is -2.06. The van der Waals surface area contributed by atoms with Crippen molar-refractivity contribution in [3.05, 3.63) is 47.4 Å². The number of oxime groups is 1. The van der Waals surface area contributed by atoms with Crippen LogP contribution in [-0.4, -0.2) is 21.0 Å². The summed E-state index contributed by atoms with van der Waals surface area (Å²) in [6, 6.07) is 7.35. The summed E-state index contributed by atoms with van der Waals surface area (Å²) in [7, 11) is 0. The Balaban J connectivity index is 2.38. The van der Waals surface area contributed by atoms with Crippen LogP contribution >= 0.6 is 23.4 Å². The standard InChI is InChI=1S/C11H9ClN4OS/c12-7-3-1-2-4-8(7)18-11-9(10(13)16-17)14-5-6-15-11/h1-6,17H,(H2,13,16). The molecule has 0 fully saturated rings. The van der Waals surface area contributed by atoms with Gasteiger partial charge in [0.1, 0.15) is 10.7 Å². The molecular weight excluding hydrogens is 272 g/mol. The predicted octanol–water partition coefficient (Wildman–Crippen LogP) is 2.38. The Morgan fingerprint density at radius 2 is 2.00 bits per heavy atom. The highest BCUT2D eigenvalue weighted by atomic mass is 35.5. The van der Waals surface area contributed by atoms with Gasteiger partial charge in [-0.15, -0.1) is 0 Å². The fraction of sp³-hybridized carbons (Fsp3) is 0. The fourth-order valence-corrected chi connectivity index (χ4v) is 2.39. The third kappa shape index (κ3) is 2.72. The van der Waals surface area contributed by atoms with E-state index in [-0.39, 0.29) is 5.84 Å². The van der Waals surface area contributed by atoms with Crippen molar-refractivity contribution in [1.29, 1.82) is 0 Å². The van der Waals surface area contributed by atoms with Gasteiger partial charge in [0.25, 0.3) is 0 Å². The van der Waals surface area contributed by atoms with Crippen molar-refractivity contribution in [1.82, 2.24) is 9.97 Å². The number of nitrogens with two attached hydrogens (primary N) is 1. The molecule has 0 bridgehead atoms. The van der Waals surface area contributed by atoms with Crippen LogP contribution < -0.4 is 5.73 Å². The van der Waals surface area contributed by atoms with Gasteiger partial charge < -0.3 is 10.9 Å². The molecule has 0 unspecified atom stereocenters. The van der Waals surface area contributed by atoms with E-state index in [0.717, 1.165) is 4.90 Å². The maximum absolute atomic E-state index is 8.69. The van der Waals surface area contributed by atoms with Crippen LogP contribution in [-0.2, 0) is 0 Å². The summed E-state index contributed by atoms with van der Waals surface area (Å²) in [6.45, 7) is 0. The van der Waals surface area contributed by atoms with E-state index in [4.69, 9.17) is 22.5 Å². The van der Waals surface area contributed by atoms with Gasteiger partial charge >= 0.3 is 0 Å². The summed E-state index contributed by atoms with van der Waals surface area (Å²) >= 11 is 7.37. The van der Waals surface area contributed by atoms with Gasteiger partial charge in [0.15, 0.2) is 5.84 Å². The first-order chi connectivity index (χ1) is 8.72. The molecule has 92 valence electrons. The van der Waals surface area contributed by atoms with Crippen molar-refractivity contribution in [2.45, 2.75) is 9.92 Å². The van der Waals surface area contributed by atoms with Gasteiger partial charge in [0.05, 0.1) is 5.02 Å². The molecule has 0 saturated heterocycles. The lowest BCUT2D eigenvalue weighted by Crippen LogP contribution is -2.16. The highest BCUT2D eigenvalue weighted by Crippen LogP contribution is 2.32. The van der Waals surface area contributed by atoms with Gasteiger partial charge in [-0.1, -0.05) is 40.7 Å². The SMILES string of the molecule is N/C(=N/O)c1nccnc1Sc1ccccc1Cl. The van der Waals surface area contributed by atoms with Crippen LogP contribution in [0.5, 0.6) is 0 Å². The van der Waals surface area contributed by atoms with E-state index < -0.39 is 0 Å². The lowest BCUT2D eigenvalue weighted by atomic mass is 10.4. The van der Waals surface area contributed by atoms with Crippen LogP contribution in [0.1, 0.15) is 5.69 Å². The monoisotopic (exact) mass is 280 g/mol. The molecule has 1 heterocycles. The minimum Gasteiger partial charge on any atom is -0.409 e. The van der Waals surface area contributed by atoms with E-state index >= 15 is 0 Å². The van der Waals surface area contributed by atoms with Crippen molar-refractivity contribution in [2.24, 2.45) is 10.9 Å². The van der Waals surface area contributed by atoms with E-state index in [1.165, 1.54) is 24.2 Å². The Bertz CT molecular complexity index is 591. The molecule has 0 atom stereocenters. The third-order valence-corrected chi connectivity index (χ3v) is 3.57. The van der Waals surface area contributed by atoms with Crippen LogP contribution in [0.4, 0.5) is 0 Å². The molecule has 0 saturated carbocycles. The summed E-state index contributed by atoms with van der Waals surface area (Å²) in [5.41, 5.74) is 5.86. The summed E-state index contributed by atoms with van der Waals surface area (Å²) in [4.78, 5) is 9.01. The minimum atomic E-state index is -0.0855. The molecular formula is C11H9ClN4OS. The van der Waals surface area contributed by atoms with E-state index in [9.17, 15) is 0 Å². The molecule has 0 aliphatic heterocycles. The maximum Gasteiger partial charge on any atom is 0.191 e. The molecule has 2 rings (SSSR count). The number of halogens is 1. The van der Waals surface area contributed by atoms with Crippen molar-refractivity contribution >= 4 is 29.2 Å². The second kappa shape index (κ2) is 5.70. The van der Waals surface area contributed by atoms with Crippen molar-refractivity contribution < 1.29 is 5.21 Å². The van der Waals surface area contributed by atoms with Crippen LogP contribution in [0.15, 0.2) is 51.7 Å². The van der Waals surface area contributed by atoms with Crippen LogP contribution in [0.25, 0.3) is 0 Å². The molecule has 2 aromatic rings. The number of hydrogen-bond donors (Lipinski definition) is 2. The average molecular weight is 281 g/mol. The van der Waals surface area contributed by atoms with Crippen molar-refractivity contribution in [2.75, 3.05) is 0 Å². The quantitative estimate of drug-likeness (QED) is 0.390. The van der Waals surface area contributed by atoms with Gasteiger partial charge in [-0.25, -0.2) is 9.97 Å². The van der Waals surface area contributed by atoms with Gasteiger partial charge in [0.2, 0.25) is 0 Å². The zero-order valence-corrected chi connectivity index (χ0v) is 10.7. The lowest BCUT2D eigenvalue weighted by molar-refractivity contribution is 0.318. The number of nitrogens with zero attached hydrogens (tertiary/aromatic N) is 3.